The van der Waals surface area contributed by atoms with Gasteiger partial charge in [-0.1, -0.05) is 11.6 Å². The Labute approximate surface area is 187 Å². The largest absolute Gasteiger partial charge is 0.496 e. The predicted molar refractivity (Wildman–Crippen MR) is 114 cm³/mol. The molecule has 1 unspecified atom stereocenters. The summed E-state index contributed by atoms with van der Waals surface area (Å²) in [6.45, 7) is 3.88. The summed E-state index contributed by atoms with van der Waals surface area (Å²) in [5.74, 6) is 0.332. The first kappa shape index (κ1) is 23.3. The number of likely N-dealkylation sites (tertiary alicyclic amines) is 2. The molecule has 3 saturated heterocycles. The van der Waals surface area contributed by atoms with Gasteiger partial charge in [0.15, 0.2) is 0 Å². The monoisotopic (exact) mass is 452 g/mol. The Kier molecular flexibility index (Phi) is 7.78. The lowest BCUT2D eigenvalue weighted by molar-refractivity contribution is -0.151. The highest BCUT2D eigenvalue weighted by Crippen LogP contribution is 2.43. The van der Waals surface area contributed by atoms with Gasteiger partial charge in [-0.2, -0.15) is 0 Å². The molecule has 3 fully saturated rings. The summed E-state index contributed by atoms with van der Waals surface area (Å²) in [7, 11) is 1.54. The molecule has 0 aromatic heterocycles. The molecule has 4 rings (SSSR count). The molecule has 8 nitrogen and oxygen atoms in total. The predicted octanol–water partition coefficient (Wildman–Crippen LogP) is 2.68. The number of cyclic esters (lactones) is 1. The van der Waals surface area contributed by atoms with Crippen molar-refractivity contribution in [2.75, 3.05) is 39.8 Å². The van der Waals surface area contributed by atoms with E-state index < -0.39 is 5.41 Å². The number of carboxylic acid groups (broad SMARTS) is 1. The van der Waals surface area contributed by atoms with Gasteiger partial charge in [0.2, 0.25) is 0 Å². The molecule has 0 radical (unpaired) electrons. The lowest BCUT2D eigenvalue weighted by Gasteiger charge is -2.36. The Morgan fingerprint density at radius 3 is 2.55 bits per heavy atom. The Bertz CT molecular complexity index is 803. The second-order valence-corrected chi connectivity index (χ2v) is 8.70. The van der Waals surface area contributed by atoms with Crippen molar-refractivity contribution in [2.24, 2.45) is 5.41 Å². The van der Waals surface area contributed by atoms with E-state index in [0.717, 1.165) is 26.1 Å². The van der Waals surface area contributed by atoms with Crippen LogP contribution in [0.4, 0.5) is 0 Å². The van der Waals surface area contributed by atoms with Gasteiger partial charge >= 0.3 is 5.97 Å². The average Bonchev–Trinajstić information content (AvgIpc) is 3.37. The molecular weight excluding hydrogens is 424 g/mol. The molecule has 3 aliphatic rings. The van der Waals surface area contributed by atoms with Crippen LogP contribution in [-0.4, -0.2) is 79.2 Å². The van der Waals surface area contributed by atoms with Crippen molar-refractivity contribution >= 4 is 29.9 Å². The Hall–Kier alpha value is -2.32. The third-order valence-corrected chi connectivity index (χ3v) is 6.62. The number of ether oxygens (including phenoxy) is 2. The van der Waals surface area contributed by atoms with Crippen LogP contribution in [-0.2, 0) is 14.3 Å². The molecule has 1 spiro atoms. The molecule has 1 aromatic carbocycles. The van der Waals surface area contributed by atoms with Crippen molar-refractivity contribution in [2.45, 2.75) is 38.2 Å². The van der Waals surface area contributed by atoms with Crippen molar-refractivity contribution in [3.05, 3.63) is 28.8 Å². The average molecular weight is 453 g/mol. The maximum absolute atomic E-state index is 13.0. The van der Waals surface area contributed by atoms with Crippen LogP contribution in [0.2, 0.25) is 5.02 Å². The zero-order valence-corrected chi connectivity index (χ0v) is 18.5. The van der Waals surface area contributed by atoms with E-state index in [-0.39, 0.29) is 24.5 Å². The van der Waals surface area contributed by atoms with Crippen molar-refractivity contribution in [3.8, 4) is 5.75 Å². The second-order valence-electron chi connectivity index (χ2n) is 8.26. The number of carbonyl (C=O) groups excluding carboxylic acids is 2. The number of piperidine rings is 1. The molecule has 1 N–H and O–H groups in total. The normalized spacial score (nSPS) is 22.6. The van der Waals surface area contributed by atoms with Crippen LogP contribution in [0.3, 0.4) is 0 Å². The molecule has 3 heterocycles. The van der Waals surface area contributed by atoms with Crippen LogP contribution in [0.25, 0.3) is 0 Å². The number of rotatable bonds is 4. The van der Waals surface area contributed by atoms with Crippen LogP contribution in [0.5, 0.6) is 5.75 Å². The number of nitrogens with zero attached hydrogens (tertiary/aromatic N) is 2. The summed E-state index contributed by atoms with van der Waals surface area (Å²) < 4.78 is 11.0. The fraction of sp³-hybridized carbons (Fsp3) is 0.591. The van der Waals surface area contributed by atoms with Gasteiger partial charge in [-0.15, -0.1) is 0 Å². The minimum absolute atomic E-state index is 0.0131. The van der Waals surface area contributed by atoms with E-state index >= 15 is 0 Å². The molecule has 1 amide bonds. The standard InChI is InChI=1S/C21H27ClN2O4.CH2O2/c1-27-18-5-4-15(22)12-17(18)19(25)24-10-6-21(7-11-24)13-16(28-20(21)26)14-23-8-2-3-9-23;2-1-3/h4-5,12,16H,2-3,6-11,13-14H2,1H3;1H,(H,2,3). The first-order valence-electron chi connectivity index (χ1n) is 10.6. The van der Waals surface area contributed by atoms with Gasteiger partial charge in [-0.05, 0) is 57.0 Å². The SMILES string of the molecule is COc1ccc(Cl)cc1C(=O)N1CCC2(CC1)CC(CN1CCCC1)OC2=O.O=CO. The maximum atomic E-state index is 13.0. The fourth-order valence-corrected chi connectivity index (χ4v) is 4.93. The molecule has 0 aliphatic carbocycles. The van der Waals surface area contributed by atoms with E-state index in [2.05, 4.69) is 4.90 Å². The van der Waals surface area contributed by atoms with E-state index in [1.54, 1.807) is 30.2 Å². The molecule has 0 bridgehead atoms. The van der Waals surface area contributed by atoms with Crippen LogP contribution < -0.4 is 4.74 Å². The smallest absolute Gasteiger partial charge is 0.312 e. The van der Waals surface area contributed by atoms with Gasteiger partial charge in [0, 0.05) is 31.1 Å². The Balaban J connectivity index is 0.000000858. The summed E-state index contributed by atoms with van der Waals surface area (Å²) in [5, 5.41) is 7.39. The van der Waals surface area contributed by atoms with Crippen LogP contribution >= 0.6 is 11.6 Å². The van der Waals surface area contributed by atoms with Crippen LogP contribution in [0.15, 0.2) is 18.2 Å². The molecule has 9 heteroatoms. The molecule has 31 heavy (non-hydrogen) atoms. The number of hydrogen-bond donors (Lipinski definition) is 1. The van der Waals surface area contributed by atoms with Gasteiger partial charge < -0.3 is 19.5 Å². The zero-order valence-electron chi connectivity index (χ0n) is 17.7. The second kappa shape index (κ2) is 10.3. The number of benzene rings is 1. The number of halogens is 1. The quantitative estimate of drug-likeness (QED) is 0.554. The molecule has 0 saturated carbocycles. The van der Waals surface area contributed by atoms with E-state index in [0.29, 0.717) is 42.3 Å². The highest BCUT2D eigenvalue weighted by molar-refractivity contribution is 6.31. The molecular formula is C22H29ClN2O6. The van der Waals surface area contributed by atoms with Gasteiger partial charge in [0.25, 0.3) is 12.4 Å². The van der Waals surface area contributed by atoms with E-state index in [1.165, 1.54) is 12.8 Å². The fourth-order valence-electron chi connectivity index (χ4n) is 4.76. The van der Waals surface area contributed by atoms with Gasteiger partial charge in [0.1, 0.15) is 11.9 Å². The lowest BCUT2D eigenvalue weighted by atomic mass is 9.76. The van der Waals surface area contributed by atoms with Crippen LogP contribution in [0.1, 0.15) is 42.5 Å². The number of esters is 1. The minimum Gasteiger partial charge on any atom is -0.496 e. The summed E-state index contributed by atoms with van der Waals surface area (Å²) in [5.41, 5.74) is 0.0337. The third-order valence-electron chi connectivity index (χ3n) is 6.39. The summed E-state index contributed by atoms with van der Waals surface area (Å²) in [6, 6.07) is 5.05. The summed E-state index contributed by atoms with van der Waals surface area (Å²) in [4.78, 5) is 38.2. The molecule has 3 aliphatic heterocycles. The number of methoxy groups -OCH3 is 1. The van der Waals surface area contributed by atoms with Crippen molar-refractivity contribution in [1.82, 2.24) is 9.80 Å². The summed E-state index contributed by atoms with van der Waals surface area (Å²) >= 11 is 6.07. The van der Waals surface area contributed by atoms with Crippen molar-refractivity contribution in [1.29, 1.82) is 0 Å². The molecule has 1 aromatic rings. The third kappa shape index (κ3) is 5.30. The maximum Gasteiger partial charge on any atom is 0.312 e. The first-order chi connectivity index (χ1) is 14.9. The number of carbonyl (C=O) groups is 3. The van der Waals surface area contributed by atoms with E-state index in [4.69, 9.17) is 31.0 Å². The zero-order chi connectivity index (χ0) is 22.4. The highest BCUT2D eigenvalue weighted by atomic mass is 35.5. The Morgan fingerprint density at radius 2 is 1.94 bits per heavy atom. The van der Waals surface area contributed by atoms with E-state index in [1.807, 2.05) is 0 Å². The van der Waals surface area contributed by atoms with Crippen molar-refractivity contribution < 1.29 is 29.0 Å². The topological polar surface area (TPSA) is 96.4 Å². The van der Waals surface area contributed by atoms with Crippen molar-refractivity contribution in [3.63, 3.8) is 0 Å². The highest BCUT2D eigenvalue weighted by Gasteiger charge is 2.51. The Morgan fingerprint density at radius 1 is 1.29 bits per heavy atom. The summed E-state index contributed by atoms with van der Waals surface area (Å²) in [6.07, 6.45) is 4.52. The van der Waals surface area contributed by atoms with Gasteiger partial charge in [-0.25, -0.2) is 0 Å². The molecule has 170 valence electrons. The van der Waals surface area contributed by atoms with Crippen LogP contribution in [0, 0.1) is 5.41 Å². The molecule has 1 atom stereocenters. The number of amides is 1. The lowest BCUT2D eigenvalue weighted by Crippen LogP contribution is -2.45. The van der Waals surface area contributed by atoms with Gasteiger partial charge in [0.05, 0.1) is 18.1 Å². The minimum atomic E-state index is -0.431. The number of hydrogen-bond acceptors (Lipinski definition) is 6. The van der Waals surface area contributed by atoms with Gasteiger partial charge in [-0.3, -0.25) is 19.3 Å². The first-order valence-corrected chi connectivity index (χ1v) is 10.9. The van der Waals surface area contributed by atoms with E-state index in [9.17, 15) is 9.59 Å².